The van der Waals surface area contributed by atoms with Crippen LogP contribution < -0.4 is 0 Å². The van der Waals surface area contributed by atoms with Crippen molar-refractivity contribution in [3.05, 3.63) is 35.6 Å². The second-order valence-electron chi connectivity index (χ2n) is 6.91. The third kappa shape index (κ3) is 3.40. The molecule has 0 amide bonds. The Bertz CT molecular complexity index is 505. The van der Waals surface area contributed by atoms with Crippen LogP contribution in [0, 0.1) is 5.82 Å². The summed E-state index contributed by atoms with van der Waals surface area (Å²) in [5.41, 5.74) is 1.09. The van der Waals surface area contributed by atoms with Gasteiger partial charge in [-0.2, -0.15) is 0 Å². The van der Waals surface area contributed by atoms with Crippen LogP contribution in [0.25, 0.3) is 0 Å². The number of hydrogen-bond acceptors (Lipinski definition) is 2. The van der Waals surface area contributed by atoms with Crippen LogP contribution in [-0.4, -0.2) is 29.3 Å². The van der Waals surface area contributed by atoms with Gasteiger partial charge in [-0.15, -0.1) is 0 Å². The summed E-state index contributed by atoms with van der Waals surface area (Å²) in [5.74, 6) is -0.148. The molecule has 1 saturated carbocycles. The minimum Gasteiger partial charge on any atom is -0.298 e. The van der Waals surface area contributed by atoms with Crippen molar-refractivity contribution in [3.63, 3.8) is 0 Å². The Balaban J connectivity index is 1.50. The monoisotopic (exact) mass is 303 g/mol. The zero-order valence-corrected chi connectivity index (χ0v) is 13.3. The van der Waals surface area contributed by atoms with Gasteiger partial charge in [-0.1, -0.05) is 19.3 Å². The molecule has 0 unspecified atom stereocenters. The van der Waals surface area contributed by atoms with Crippen molar-refractivity contribution in [2.75, 3.05) is 13.1 Å². The van der Waals surface area contributed by atoms with Crippen molar-refractivity contribution in [1.29, 1.82) is 0 Å². The van der Waals surface area contributed by atoms with Gasteiger partial charge in [0, 0.05) is 17.5 Å². The topological polar surface area (TPSA) is 20.3 Å². The lowest BCUT2D eigenvalue weighted by Gasteiger charge is -2.41. The van der Waals surface area contributed by atoms with E-state index in [0.717, 1.165) is 13.0 Å². The smallest absolute Gasteiger partial charge is 0.162 e. The Morgan fingerprint density at radius 2 is 1.73 bits per heavy atom. The molecule has 1 aliphatic heterocycles. The number of Topliss-reactive ketones (excluding diaryl/α,β-unsaturated/α-hetero) is 1. The average Bonchev–Trinajstić information content (AvgIpc) is 2.91. The molecular formula is C19H26FNO. The van der Waals surface area contributed by atoms with Crippen LogP contribution >= 0.6 is 0 Å². The van der Waals surface area contributed by atoms with Gasteiger partial charge in [0.2, 0.25) is 0 Å². The number of rotatable bonds is 5. The third-order valence-corrected chi connectivity index (χ3v) is 5.52. The van der Waals surface area contributed by atoms with Crippen molar-refractivity contribution >= 4 is 5.78 Å². The van der Waals surface area contributed by atoms with Crippen LogP contribution in [0.4, 0.5) is 4.39 Å². The number of carbonyl (C=O) groups is 1. The number of likely N-dealkylation sites (tertiary alicyclic amines) is 1. The van der Waals surface area contributed by atoms with E-state index in [4.69, 9.17) is 0 Å². The molecule has 2 fully saturated rings. The maximum Gasteiger partial charge on any atom is 0.162 e. The summed E-state index contributed by atoms with van der Waals surface area (Å²) in [5, 5.41) is 0. The SMILES string of the molecule is O=C(CCCN1CCCC12CCCCC2)c1ccc(F)cc1. The summed E-state index contributed by atoms with van der Waals surface area (Å²) < 4.78 is 12.9. The predicted molar refractivity (Wildman–Crippen MR) is 86.6 cm³/mol. The summed E-state index contributed by atoms with van der Waals surface area (Å²) >= 11 is 0. The van der Waals surface area contributed by atoms with Crippen LogP contribution in [-0.2, 0) is 0 Å². The fraction of sp³-hybridized carbons (Fsp3) is 0.632. The largest absolute Gasteiger partial charge is 0.298 e. The van der Waals surface area contributed by atoms with E-state index < -0.39 is 0 Å². The lowest BCUT2D eigenvalue weighted by molar-refractivity contribution is 0.0855. The predicted octanol–water partition coefficient (Wildman–Crippen LogP) is 4.59. The van der Waals surface area contributed by atoms with Crippen molar-refractivity contribution in [2.45, 2.75) is 63.3 Å². The average molecular weight is 303 g/mol. The zero-order valence-electron chi connectivity index (χ0n) is 13.3. The summed E-state index contributed by atoms with van der Waals surface area (Å²) in [6.07, 6.45) is 11.0. The first kappa shape index (κ1) is 15.7. The molecule has 1 aromatic carbocycles. The Hall–Kier alpha value is -1.22. The molecule has 1 spiro atoms. The van der Waals surface area contributed by atoms with Gasteiger partial charge < -0.3 is 0 Å². The Morgan fingerprint density at radius 1 is 1.05 bits per heavy atom. The molecule has 3 heteroatoms. The van der Waals surface area contributed by atoms with Crippen LogP contribution in [0.1, 0.15) is 68.1 Å². The molecule has 2 aliphatic rings. The minimum absolute atomic E-state index is 0.136. The summed E-state index contributed by atoms with van der Waals surface area (Å²) in [4.78, 5) is 14.8. The highest BCUT2D eigenvalue weighted by molar-refractivity contribution is 5.95. The molecule has 1 aliphatic carbocycles. The molecule has 22 heavy (non-hydrogen) atoms. The number of halogens is 1. The molecule has 0 bridgehead atoms. The van der Waals surface area contributed by atoms with Gasteiger partial charge in [0.15, 0.2) is 5.78 Å². The molecule has 2 nitrogen and oxygen atoms in total. The van der Waals surface area contributed by atoms with Gasteiger partial charge in [0.1, 0.15) is 5.82 Å². The lowest BCUT2D eigenvalue weighted by atomic mass is 9.79. The fourth-order valence-corrected chi connectivity index (χ4v) is 4.33. The fourth-order valence-electron chi connectivity index (χ4n) is 4.33. The molecule has 1 saturated heterocycles. The minimum atomic E-state index is -0.284. The van der Waals surface area contributed by atoms with Crippen LogP contribution in [0.15, 0.2) is 24.3 Å². The Kier molecular flexibility index (Phi) is 4.92. The molecule has 0 N–H and O–H groups in total. The molecule has 3 rings (SSSR count). The van der Waals surface area contributed by atoms with Crippen molar-refractivity contribution in [3.8, 4) is 0 Å². The van der Waals surface area contributed by atoms with Gasteiger partial charge in [-0.25, -0.2) is 4.39 Å². The van der Waals surface area contributed by atoms with Crippen molar-refractivity contribution in [1.82, 2.24) is 4.90 Å². The first-order valence-corrected chi connectivity index (χ1v) is 8.73. The highest BCUT2D eigenvalue weighted by Gasteiger charge is 2.40. The van der Waals surface area contributed by atoms with Gasteiger partial charge in [0.05, 0.1) is 0 Å². The van der Waals surface area contributed by atoms with Gasteiger partial charge in [0.25, 0.3) is 0 Å². The highest BCUT2D eigenvalue weighted by atomic mass is 19.1. The normalized spacial score (nSPS) is 21.3. The first-order chi connectivity index (χ1) is 10.7. The number of nitrogens with zero attached hydrogens (tertiary/aromatic N) is 1. The summed E-state index contributed by atoms with van der Waals surface area (Å²) in [6.45, 7) is 2.23. The molecule has 0 radical (unpaired) electrons. The molecule has 0 aromatic heterocycles. The van der Waals surface area contributed by atoms with E-state index in [0.29, 0.717) is 17.5 Å². The lowest BCUT2D eigenvalue weighted by Crippen LogP contribution is -2.45. The van der Waals surface area contributed by atoms with Crippen molar-refractivity contribution in [2.24, 2.45) is 0 Å². The quantitative estimate of drug-likeness (QED) is 0.742. The van der Waals surface area contributed by atoms with Gasteiger partial charge >= 0.3 is 0 Å². The number of carbonyl (C=O) groups excluding carboxylic acids is 1. The van der Waals surface area contributed by atoms with Crippen molar-refractivity contribution < 1.29 is 9.18 Å². The molecule has 120 valence electrons. The summed E-state index contributed by atoms with van der Waals surface area (Å²) in [6, 6.07) is 5.92. The van der Waals surface area contributed by atoms with Gasteiger partial charge in [-0.05, 0) is 69.5 Å². The molecular weight excluding hydrogens is 277 g/mol. The maximum absolute atomic E-state index is 12.9. The van der Waals surface area contributed by atoms with E-state index in [1.165, 1.54) is 63.6 Å². The second kappa shape index (κ2) is 6.91. The number of benzene rings is 1. The van der Waals surface area contributed by atoms with E-state index in [-0.39, 0.29) is 11.6 Å². The van der Waals surface area contributed by atoms with Crippen LogP contribution in [0.2, 0.25) is 0 Å². The Labute approximate surface area is 132 Å². The van der Waals surface area contributed by atoms with E-state index in [1.54, 1.807) is 12.1 Å². The standard InChI is InChI=1S/C19H26FNO/c20-17-9-7-16(8-10-17)18(22)6-4-14-21-15-5-13-19(21)11-2-1-3-12-19/h7-10H,1-6,11-15H2. The van der Waals surface area contributed by atoms with E-state index in [1.807, 2.05) is 0 Å². The number of hydrogen-bond donors (Lipinski definition) is 0. The van der Waals surface area contributed by atoms with E-state index in [9.17, 15) is 9.18 Å². The third-order valence-electron chi connectivity index (χ3n) is 5.52. The van der Waals surface area contributed by atoms with E-state index in [2.05, 4.69) is 4.90 Å². The first-order valence-electron chi connectivity index (χ1n) is 8.73. The van der Waals surface area contributed by atoms with E-state index >= 15 is 0 Å². The van der Waals surface area contributed by atoms with Crippen LogP contribution in [0.5, 0.6) is 0 Å². The summed E-state index contributed by atoms with van der Waals surface area (Å²) in [7, 11) is 0. The van der Waals surface area contributed by atoms with Crippen LogP contribution in [0.3, 0.4) is 0 Å². The molecule has 1 heterocycles. The highest BCUT2D eigenvalue weighted by Crippen LogP contribution is 2.41. The van der Waals surface area contributed by atoms with Gasteiger partial charge in [-0.3, -0.25) is 9.69 Å². The zero-order chi connectivity index (χ0) is 15.4. The maximum atomic E-state index is 12.9. The molecule has 0 atom stereocenters. The number of ketones is 1. The molecule has 1 aromatic rings. The Morgan fingerprint density at radius 3 is 2.45 bits per heavy atom. The second-order valence-corrected chi connectivity index (χ2v) is 6.91.